The van der Waals surface area contributed by atoms with Gasteiger partial charge >= 0.3 is 0 Å². The molecule has 0 fully saturated rings. The number of nitro benzene ring substituents is 1. The van der Waals surface area contributed by atoms with E-state index in [0.717, 1.165) is 10.0 Å². The number of amides is 1. The van der Waals surface area contributed by atoms with Crippen LogP contribution >= 0.6 is 15.9 Å². The monoisotopic (exact) mass is 427 g/mol. The van der Waals surface area contributed by atoms with Crippen molar-refractivity contribution in [3.63, 3.8) is 0 Å². The molecule has 27 heavy (non-hydrogen) atoms. The maximum atomic E-state index is 12.1. The van der Waals surface area contributed by atoms with Crippen LogP contribution in [0.4, 0.5) is 5.69 Å². The maximum absolute atomic E-state index is 12.1. The molecule has 3 rings (SSSR count). The minimum absolute atomic E-state index is 0.00725. The lowest BCUT2D eigenvalue weighted by atomic mass is 10.2. The summed E-state index contributed by atoms with van der Waals surface area (Å²) in [4.78, 5) is 22.2. The molecular formula is C18H14BrN5O3. The van der Waals surface area contributed by atoms with Crippen molar-refractivity contribution in [3.05, 3.63) is 92.2 Å². The van der Waals surface area contributed by atoms with Gasteiger partial charge in [-0.15, -0.1) is 0 Å². The zero-order chi connectivity index (χ0) is 19.2. The number of benzene rings is 2. The standard InChI is InChI=1S/C18H14BrN5O3/c19-15-3-1-2-14(10-15)12-23-9-8-17(22-23)18(25)21-20-11-13-4-6-16(7-5-13)24(26)27/h1-11H,12H2,(H,21,25)/b20-11+. The summed E-state index contributed by atoms with van der Waals surface area (Å²) in [6, 6.07) is 15.3. The molecule has 8 nitrogen and oxygen atoms in total. The van der Waals surface area contributed by atoms with E-state index in [9.17, 15) is 14.9 Å². The van der Waals surface area contributed by atoms with Crippen LogP contribution in [0.5, 0.6) is 0 Å². The van der Waals surface area contributed by atoms with E-state index < -0.39 is 10.8 Å². The number of nitro groups is 1. The third kappa shape index (κ3) is 5.08. The first-order valence-electron chi connectivity index (χ1n) is 7.87. The normalized spacial score (nSPS) is 10.9. The Morgan fingerprint density at radius 2 is 2.04 bits per heavy atom. The molecule has 3 aromatic rings. The quantitative estimate of drug-likeness (QED) is 0.370. The van der Waals surface area contributed by atoms with Gasteiger partial charge in [-0.05, 0) is 41.5 Å². The van der Waals surface area contributed by atoms with Crippen LogP contribution in [0.3, 0.4) is 0 Å². The molecule has 1 heterocycles. The van der Waals surface area contributed by atoms with Gasteiger partial charge in [-0.3, -0.25) is 19.6 Å². The lowest BCUT2D eigenvalue weighted by molar-refractivity contribution is -0.384. The molecule has 0 spiro atoms. The summed E-state index contributed by atoms with van der Waals surface area (Å²) in [7, 11) is 0. The van der Waals surface area contributed by atoms with Crippen molar-refractivity contribution in [2.24, 2.45) is 5.10 Å². The first-order valence-corrected chi connectivity index (χ1v) is 8.66. The molecule has 1 N–H and O–H groups in total. The van der Waals surface area contributed by atoms with Crippen molar-refractivity contribution in [2.45, 2.75) is 6.54 Å². The van der Waals surface area contributed by atoms with Gasteiger partial charge in [-0.25, -0.2) is 5.43 Å². The molecule has 0 aliphatic rings. The van der Waals surface area contributed by atoms with Crippen LogP contribution in [0.2, 0.25) is 0 Å². The Bertz CT molecular complexity index is 998. The van der Waals surface area contributed by atoms with Crippen LogP contribution in [-0.4, -0.2) is 26.8 Å². The molecule has 0 aliphatic heterocycles. The van der Waals surface area contributed by atoms with Gasteiger partial charge in [0.1, 0.15) is 0 Å². The van der Waals surface area contributed by atoms with Crippen LogP contribution < -0.4 is 5.43 Å². The molecule has 1 aromatic heterocycles. The fourth-order valence-corrected chi connectivity index (χ4v) is 2.74. The van der Waals surface area contributed by atoms with Gasteiger partial charge in [0.2, 0.25) is 0 Å². The number of hydrogen-bond acceptors (Lipinski definition) is 5. The Hall–Kier alpha value is -3.33. The summed E-state index contributed by atoms with van der Waals surface area (Å²) in [6.45, 7) is 0.540. The number of nitrogens with one attached hydrogen (secondary N) is 1. The number of nitrogens with zero attached hydrogens (tertiary/aromatic N) is 4. The van der Waals surface area contributed by atoms with Crippen molar-refractivity contribution in [3.8, 4) is 0 Å². The van der Waals surface area contributed by atoms with E-state index >= 15 is 0 Å². The van der Waals surface area contributed by atoms with Crippen LogP contribution in [0.25, 0.3) is 0 Å². The number of aromatic nitrogens is 2. The number of hydrogen-bond donors (Lipinski definition) is 1. The smallest absolute Gasteiger partial charge is 0.268 e. The fourth-order valence-electron chi connectivity index (χ4n) is 2.30. The van der Waals surface area contributed by atoms with Crippen molar-refractivity contribution in [1.82, 2.24) is 15.2 Å². The second-order valence-corrected chi connectivity index (χ2v) is 6.49. The molecule has 0 bridgehead atoms. The summed E-state index contributed by atoms with van der Waals surface area (Å²) < 4.78 is 2.64. The molecule has 136 valence electrons. The van der Waals surface area contributed by atoms with Gasteiger partial charge < -0.3 is 0 Å². The molecule has 0 unspecified atom stereocenters. The van der Waals surface area contributed by atoms with Crippen molar-refractivity contribution < 1.29 is 9.72 Å². The first-order chi connectivity index (χ1) is 13.0. The fraction of sp³-hybridized carbons (Fsp3) is 0.0556. The van der Waals surface area contributed by atoms with Crippen molar-refractivity contribution in [1.29, 1.82) is 0 Å². The molecule has 0 radical (unpaired) electrons. The van der Waals surface area contributed by atoms with E-state index in [1.807, 2.05) is 24.3 Å². The topological polar surface area (TPSA) is 102 Å². The van der Waals surface area contributed by atoms with Crippen LogP contribution in [0, 0.1) is 10.1 Å². The molecular weight excluding hydrogens is 414 g/mol. The second kappa shape index (κ2) is 8.37. The zero-order valence-corrected chi connectivity index (χ0v) is 15.5. The van der Waals surface area contributed by atoms with Gasteiger partial charge in [-0.1, -0.05) is 28.1 Å². The van der Waals surface area contributed by atoms with E-state index in [1.165, 1.54) is 18.3 Å². The van der Waals surface area contributed by atoms with E-state index in [2.05, 4.69) is 31.6 Å². The van der Waals surface area contributed by atoms with E-state index in [0.29, 0.717) is 12.1 Å². The molecule has 0 atom stereocenters. The zero-order valence-electron chi connectivity index (χ0n) is 13.9. The van der Waals surface area contributed by atoms with Crippen LogP contribution in [0.1, 0.15) is 21.6 Å². The highest BCUT2D eigenvalue weighted by Crippen LogP contribution is 2.13. The second-order valence-electron chi connectivity index (χ2n) is 5.58. The number of non-ortho nitro benzene ring substituents is 1. The SMILES string of the molecule is O=C(N/N=C/c1ccc([N+](=O)[O-])cc1)c1ccn(Cc2cccc(Br)c2)n1. The molecule has 1 amide bonds. The Labute approximate surface area is 162 Å². The lowest BCUT2D eigenvalue weighted by Gasteiger charge is -2.02. The van der Waals surface area contributed by atoms with Gasteiger partial charge in [0.15, 0.2) is 5.69 Å². The predicted molar refractivity (Wildman–Crippen MR) is 104 cm³/mol. The Morgan fingerprint density at radius 1 is 1.26 bits per heavy atom. The third-order valence-corrected chi connectivity index (χ3v) is 4.08. The molecule has 0 aliphatic carbocycles. The largest absolute Gasteiger partial charge is 0.291 e. The predicted octanol–water partition coefficient (Wildman–Crippen LogP) is 3.37. The van der Waals surface area contributed by atoms with Crippen molar-refractivity contribution >= 4 is 33.7 Å². The number of carbonyl (C=O) groups excluding carboxylic acids is 1. The van der Waals surface area contributed by atoms with E-state index in [4.69, 9.17) is 0 Å². The highest BCUT2D eigenvalue weighted by molar-refractivity contribution is 9.10. The van der Waals surface area contributed by atoms with Gasteiger partial charge in [-0.2, -0.15) is 10.2 Å². The summed E-state index contributed by atoms with van der Waals surface area (Å²) >= 11 is 3.42. The number of carbonyl (C=O) groups is 1. The maximum Gasteiger partial charge on any atom is 0.291 e. The highest BCUT2D eigenvalue weighted by Gasteiger charge is 2.09. The summed E-state index contributed by atoms with van der Waals surface area (Å²) in [5.74, 6) is -0.443. The van der Waals surface area contributed by atoms with Crippen LogP contribution in [0.15, 0.2) is 70.4 Å². The van der Waals surface area contributed by atoms with Gasteiger partial charge in [0, 0.05) is 22.8 Å². The third-order valence-electron chi connectivity index (χ3n) is 3.59. The van der Waals surface area contributed by atoms with E-state index in [1.54, 1.807) is 29.1 Å². The Balaban J connectivity index is 1.58. The van der Waals surface area contributed by atoms with Crippen molar-refractivity contribution in [2.75, 3.05) is 0 Å². The number of halogens is 1. The molecule has 2 aromatic carbocycles. The average molecular weight is 428 g/mol. The van der Waals surface area contributed by atoms with Gasteiger partial charge in [0.25, 0.3) is 11.6 Å². The highest BCUT2D eigenvalue weighted by atomic mass is 79.9. The number of rotatable bonds is 6. The Morgan fingerprint density at radius 3 is 2.74 bits per heavy atom. The molecule has 9 heteroatoms. The molecule has 0 saturated heterocycles. The van der Waals surface area contributed by atoms with E-state index in [-0.39, 0.29) is 11.4 Å². The minimum Gasteiger partial charge on any atom is -0.268 e. The van der Waals surface area contributed by atoms with Gasteiger partial charge in [0.05, 0.1) is 17.7 Å². The average Bonchev–Trinajstić information content (AvgIpc) is 3.10. The summed E-state index contributed by atoms with van der Waals surface area (Å²) in [6.07, 6.45) is 3.12. The summed E-state index contributed by atoms with van der Waals surface area (Å²) in [5, 5.41) is 18.7. The summed E-state index contributed by atoms with van der Waals surface area (Å²) in [5.41, 5.74) is 4.30. The minimum atomic E-state index is -0.479. The van der Waals surface area contributed by atoms with Crippen LogP contribution in [-0.2, 0) is 6.54 Å². The number of hydrazone groups is 1. The first kappa shape index (κ1) is 18.5. The Kier molecular flexibility index (Phi) is 5.72. The lowest BCUT2D eigenvalue weighted by Crippen LogP contribution is -2.18. The molecule has 0 saturated carbocycles.